The highest BCUT2D eigenvalue weighted by atomic mass is 32.1. The molecule has 1 N–H and O–H groups in total. The van der Waals surface area contributed by atoms with E-state index in [9.17, 15) is 0 Å². The minimum absolute atomic E-state index is 0.255. The fourth-order valence-electron chi connectivity index (χ4n) is 2.56. The standard InChI is InChI=1S/C17H15N3OS/c1-2-6-15-12(4-1)8-13(9-18-15)16-11-22-17(20-16)19-10-14-5-3-7-21-14/h1-7,9,11,13H,8,10H2,(H,19,20). The van der Waals surface area contributed by atoms with Gasteiger partial charge in [-0.1, -0.05) is 18.2 Å². The molecule has 3 aromatic rings. The average molecular weight is 309 g/mol. The second kappa shape index (κ2) is 5.77. The molecule has 2 aromatic heterocycles. The molecule has 1 atom stereocenters. The van der Waals surface area contributed by atoms with E-state index in [1.165, 1.54) is 5.56 Å². The zero-order valence-electron chi connectivity index (χ0n) is 11.9. The van der Waals surface area contributed by atoms with Gasteiger partial charge in [0.2, 0.25) is 0 Å². The zero-order chi connectivity index (χ0) is 14.8. The van der Waals surface area contributed by atoms with Gasteiger partial charge in [0, 0.05) is 17.5 Å². The van der Waals surface area contributed by atoms with Gasteiger partial charge in [0.1, 0.15) is 5.76 Å². The van der Waals surface area contributed by atoms with Crippen LogP contribution in [0.5, 0.6) is 0 Å². The van der Waals surface area contributed by atoms with Gasteiger partial charge in [0.15, 0.2) is 5.13 Å². The Morgan fingerprint density at radius 3 is 3.09 bits per heavy atom. The number of benzene rings is 1. The molecule has 4 rings (SSSR count). The third kappa shape index (κ3) is 2.67. The summed E-state index contributed by atoms with van der Waals surface area (Å²) in [4.78, 5) is 9.23. The molecular formula is C17H15N3OS. The third-order valence-corrected chi connectivity index (χ3v) is 4.54. The number of anilines is 1. The Bertz CT molecular complexity index is 792. The predicted octanol–water partition coefficient (Wildman–Crippen LogP) is 4.39. The van der Waals surface area contributed by atoms with Crippen molar-refractivity contribution in [2.45, 2.75) is 18.9 Å². The smallest absolute Gasteiger partial charge is 0.183 e. The molecule has 3 heterocycles. The van der Waals surface area contributed by atoms with Crippen LogP contribution in [0, 0.1) is 0 Å². The maximum absolute atomic E-state index is 5.31. The Morgan fingerprint density at radius 2 is 2.18 bits per heavy atom. The van der Waals surface area contributed by atoms with E-state index in [0.29, 0.717) is 6.54 Å². The molecule has 0 fully saturated rings. The minimum atomic E-state index is 0.255. The molecule has 1 unspecified atom stereocenters. The van der Waals surface area contributed by atoms with E-state index in [0.717, 1.165) is 28.7 Å². The Balaban J connectivity index is 1.46. The lowest BCUT2D eigenvalue weighted by Crippen LogP contribution is -2.09. The van der Waals surface area contributed by atoms with E-state index in [4.69, 9.17) is 4.42 Å². The number of para-hydroxylation sites is 1. The third-order valence-electron chi connectivity index (χ3n) is 3.72. The summed E-state index contributed by atoms with van der Waals surface area (Å²) < 4.78 is 5.31. The van der Waals surface area contributed by atoms with Crippen LogP contribution >= 0.6 is 11.3 Å². The van der Waals surface area contributed by atoms with Crippen LogP contribution in [0.4, 0.5) is 10.8 Å². The topological polar surface area (TPSA) is 50.4 Å². The number of nitrogens with zero attached hydrogens (tertiary/aromatic N) is 2. The van der Waals surface area contributed by atoms with Gasteiger partial charge in [-0.05, 0) is 30.2 Å². The number of rotatable bonds is 4. The fourth-order valence-corrected chi connectivity index (χ4v) is 3.34. The first-order valence-electron chi connectivity index (χ1n) is 7.22. The first-order valence-corrected chi connectivity index (χ1v) is 8.10. The molecule has 4 nitrogen and oxygen atoms in total. The quantitative estimate of drug-likeness (QED) is 0.777. The van der Waals surface area contributed by atoms with E-state index >= 15 is 0 Å². The number of aliphatic imine (C=N–C) groups is 1. The number of hydrogen-bond donors (Lipinski definition) is 1. The first-order chi connectivity index (χ1) is 10.9. The average Bonchev–Trinajstić information content (AvgIpc) is 3.24. The molecule has 22 heavy (non-hydrogen) atoms. The normalized spacial score (nSPS) is 16.5. The molecule has 0 spiro atoms. The van der Waals surface area contributed by atoms with Crippen molar-refractivity contribution in [3.63, 3.8) is 0 Å². The predicted molar refractivity (Wildman–Crippen MR) is 89.2 cm³/mol. The van der Waals surface area contributed by atoms with Gasteiger partial charge in [-0.15, -0.1) is 11.3 Å². The molecular weight excluding hydrogens is 294 g/mol. The molecule has 1 aromatic carbocycles. The molecule has 110 valence electrons. The number of nitrogens with one attached hydrogen (secondary N) is 1. The van der Waals surface area contributed by atoms with Crippen molar-refractivity contribution in [3.8, 4) is 0 Å². The highest BCUT2D eigenvalue weighted by molar-refractivity contribution is 7.13. The lowest BCUT2D eigenvalue weighted by Gasteiger charge is -2.16. The molecule has 1 aliphatic heterocycles. The lowest BCUT2D eigenvalue weighted by atomic mass is 9.94. The van der Waals surface area contributed by atoms with Gasteiger partial charge >= 0.3 is 0 Å². The van der Waals surface area contributed by atoms with Gasteiger partial charge in [0.25, 0.3) is 0 Å². The summed E-state index contributed by atoms with van der Waals surface area (Å²) in [6.45, 7) is 0.654. The van der Waals surface area contributed by atoms with Crippen molar-refractivity contribution in [2.24, 2.45) is 4.99 Å². The summed E-state index contributed by atoms with van der Waals surface area (Å²) in [5.41, 5.74) is 3.43. The fraction of sp³-hybridized carbons (Fsp3) is 0.176. The highest BCUT2D eigenvalue weighted by Crippen LogP contribution is 2.31. The summed E-state index contributed by atoms with van der Waals surface area (Å²) in [5.74, 6) is 1.16. The Labute approximate surface area is 132 Å². The van der Waals surface area contributed by atoms with Crippen LogP contribution in [-0.4, -0.2) is 11.2 Å². The zero-order valence-corrected chi connectivity index (χ0v) is 12.7. The van der Waals surface area contributed by atoms with Gasteiger partial charge in [-0.3, -0.25) is 4.99 Å². The molecule has 0 bridgehead atoms. The van der Waals surface area contributed by atoms with Crippen LogP contribution in [0.1, 0.15) is 22.9 Å². The van der Waals surface area contributed by atoms with E-state index in [1.807, 2.05) is 24.4 Å². The molecule has 5 heteroatoms. The van der Waals surface area contributed by atoms with Crippen molar-refractivity contribution >= 4 is 28.4 Å². The molecule has 0 aliphatic carbocycles. The second-order valence-corrected chi connectivity index (χ2v) is 6.09. The molecule has 0 saturated heterocycles. The van der Waals surface area contributed by atoms with Crippen LogP contribution in [0.15, 0.2) is 57.5 Å². The number of hydrogen-bond acceptors (Lipinski definition) is 5. The number of furan rings is 1. The van der Waals surface area contributed by atoms with Gasteiger partial charge in [-0.25, -0.2) is 4.98 Å². The van der Waals surface area contributed by atoms with E-state index in [1.54, 1.807) is 17.6 Å². The van der Waals surface area contributed by atoms with Crippen molar-refractivity contribution in [1.29, 1.82) is 0 Å². The molecule has 0 radical (unpaired) electrons. The summed E-state index contributed by atoms with van der Waals surface area (Å²) in [6, 6.07) is 12.1. The summed E-state index contributed by atoms with van der Waals surface area (Å²) in [6.07, 6.45) is 4.65. The molecule has 0 saturated carbocycles. The van der Waals surface area contributed by atoms with Crippen LogP contribution in [0.2, 0.25) is 0 Å². The molecule has 1 aliphatic rings. The lowest BCUT2D eigenvalue weighted by molar-refractivity contribution is 0.518. The second-order valence-electron chi connectivity index (χ2n) is 5.23. The van der Waals surface area contributed by atoms with Crippen molar-refractivity contribution < 1.29 is 4.42 Å². The van der Waals surface area contributed by atoms with E-state index in [2.05, 4.69) is 38.9 Å². The summed E-state index contributed by atoms with van der Waals surface area (Å²) in [7, 11) is 0. The Morgan fingerprint density at radius 1 is 1.23 bits per heavy atom. The number of fused-ring (bicyclic) bond motifs is 1. The van der Waals surface area contributed by atoms with Crippen molar-refractivity contribution in [2.75, 3.05) is 5.32 Å². The maximum atomic E-state index is 5.31. The van der Waals surface area contributed by atoms with E-state index in [-0.39, 0.29) is 5.92 Å². The Kier molecular flexibility index (Phi) is 3.48. The van der Waals surface area contributed by atoms with Crippen molar-refractivity contribution in [3.05, 3.63) is 65.1 Å². The SMILES string of the molecule is C1=Nc2ccccc2CC1c1csc(NCc2ccco2)n1. The Hall–Kier alpha value is -2.40. The minimum Gasteiger partial charge on any atom is -0.467 e. The van der Waals surface area contributed by atoms with Crippen LogP contribution in [-0.2, 0) is 13.0 Å². The summed E-state index contributed by atoms with van der Waals surface area (Å²) >= 11 is 1.62. The number of aromatic nitrogens is 1. The first kappa shape index (κ1) is 13.3. The van der Waals surface area contributed by atoms with Crippen LogP contribution in [0.25, 0.3) is 0 Å². The maximum Gasteiger partial charge on any atom is 0.183 e. The van der Waals surface area contributed by atoms with Crippen molar-refractivity contribution in [1.82, 2.24) is 4.98 Å². The largest absolute Gasteiger partial charge is 0.467 e. The van der Waals surface area contributed by atoms with Gasteiger partial charge < -0.3 is 9.73 Å². The summed E-state index contributed by atoms with van der Waals surface area (Å²) in [5, 5.41) is 6.32. The monoisotopic (exact) mass is 309 g/mol. The van der Waals surface area contributed by atoms with Crippen LogP contribution in [0.3, 0.4) is 0 Å². The van der Waals surface area contributed by atoms with Crippen LogP contribution < -0.4 is 5.32 Å². The van der Waals surface area contributed by atoms with E-state index < -0.39 is 0 Å². The number of thiazole rings is 1. The molecule has 0 amide bonds. The highest BCUT2D eigenvalue weighted by Gasteiger charge is 2.19. The van der Waals surface area contributed by atoms with Gasteiger partial charge in [0.05, 0.1) is 24.2 Å². The van der Waals surface area contributed by atoms with Gasteiger partial charge in [-0.2, -0.15) is 0 Å².